The highest BCUT2D eigenvalue weighted by atomic mass is 19.4. The number of halogens is 9. The maximum Gasteiger partial charge on any atom is 0.460 e. The van der Waals surface area contributed by atoms with E-state index in [9.17, 15) is 44.3 Å². The van der Waals surface area contributed by atoms with E-state index < -0.39 is 42.6 Å². The van der Waals surface area contributed by atoms with Gasteiger partial charge >= 0.3 is 29.9 Å². The van der Waals surface area contributed by atoms with E-state index >= 15 is 0 Å². The van der Waals surface area contributed by atoms with Crippen molar-refractivity contribution >= 4 is 5.97 Å². The molecule has 0 aromatic carbocycles. The molecule has 1 fully saturated rings. The largest absolute Gasteiger partial charge is 0.460 e. The van der Waals surface area contributed by atoms with Crippen LogP contribution >= 0.6 is 0 Å². The quantitative estimate of drug-likeness (QED) is 0.444. The van der Waals surface area contributed by atoms with Gasteiger partial charge in [-0.1, -0.05) is 0 Å². The molecule has 1 heterocycles. The molecule has 0 saturated carbocycles. The molecule has 118 valence electrons. The number of rotatable bonds is 5. The fourth-order valence-corrected chi connectivity index (χ4v) is 0.927. The van der Waals surface area contributed by atoms with E-state index in [1.54, 1.807) is 0 Å². The molecule has 3 nitrogen and oxygen atoms in total. The van der Waals surface area contributed by atoms with Crippen LogP contribution in [0.1, 0.15) is 0 Å². The Morgan fingerprint density at radius 1 is 1.00 bits per heavy atom. The Bertz CT molecular complexity index is 385. The van der Waals surface area contributed by atoms with E-state index in [2.05, 4.69) is 9.47 Å². The van der Waals surface area contributed by atoms with Gasteiger partial charge in [0.1, 0.15) is 12.7 Å². The van der Waals surface area contributed by atoms with Crippen molar-refractivity contribution in [2.45, 2.75) is 30.0 Å². The van der Waals surface area contributed by atoms with Gasteiger partial charge in [0.15, 0.2) is 0 Å². The zero-order chi connectivity index (χ0) is 16.0. The van der Waals surface area contributed by atoms with Crippen molar-refractivity contribution in [1.82, 2.24) is 0 Å². The summed E-state index contributed by atoms with van der Waals surface area (Å²) in [4.78, 5) is 10.6. The van der Waals surface area contributed by atoms with Gasteiger partial charge in [-0.15, -0.1) is 0 Å². The van der Waals surface area contributed by atoms with Crippen molar-refractivity contribution in [2.24, 2.45) is 0 Å². The molecule has 1 saturated heterocycles. The summed E-state index contributed by atoms with van der Waals surface area (Å²) in [7, 11) is 0. The highest BCUT2D eigenvalue weighted by Crippen LogP contribution is 2.53. The van der Waals surface area contributed by atoms with E-state index in [0.29, 0.717) is 0 Å². The van der Waals surface area contributed by atoms with E-state index in [4.69, 9.17) is 0 Å². The first-order valence-corrected chi connectivity index (χ1v) is 4.74. The Morgan fingerprint density at radius 2 is 1.45 bits per heavy atom. The van der Waals surface area contributed by atoms with Crippen LogP contribution in [0.3, 0.4) is 0 Å². The summed E-state index contributed by atoms with van der Waals surface area (Å²) in [6.07, 6.45) is -7.84. The smallest absolute Gasteiger partial charge is 0.458 e. The van der Waals surface area contributed by atoms with Crippen LogP contribution in [0.4, 0.5) is 39.5 Å². The molecule has 1 atom stereocenters. The molecule has 0 aromatic rings. The molecule has 1 aliphatic rings. The minimum atomic E-state index is -7.11. The van der Waals surface area contributed by atoms with Gasteiger partial charge in [0.05, 0.1) is 6.61 Å². The molecular formula is C8H5F9O3. The summed E-state index contributed by atoms with van der Waals surface area (Å²) in [6.45, 7) is -1.00. The lowest BCUT2D eigenvalue weighted by atomic mass is 10.0. The molecule has 0 aliphatic carbocycles. The predicted octanol–water partition coefficient (Wildman–Crippen LogP) is 2.40. The van der Waals surface area contributed by atoms with Crippen LogP contribution in [0.2, 0.25) is 0 Å². The van der Waals surface area contributed by atoms with Gasteiger partial charge < -0.3 is 9.47 Å². The normalized spacial score (nSPS) is 20.8. The highest BCUT2D eigenvalue weighted by Gasteiger charge is 2.84. The molecule has 0 bridgehead atoms. The lowest BCUT2D eigenvalue weighted by molar-refractivity contribution is -0.390. The fourth-order valence-electron chi connectivity index (χ4n) is 0.927. The van der Waals surface area contributed by atoms with Crippen LogP contribution < -0.4 is 0 Å². The van der Waals surface area contributed by atoms with E-state index in [-0.39, 0.29) is 6.61 Å². The third-order valence-electron chi connectivity index (χ3n) is 2.20. The Kier molecular flexibility index (Phi) is 3.93. The molecular weight excluding hydrogens is 315 g/mol. The van der Waals surface area contributed by atoms with Crippen LogP contribution in [0.5, 0.6) is 0 Å². The summed E-state index contributed by atoms with van der Waals surface area (Å²) < 4.78 is 119. The number of hydrogen-bond acceptors (Lipinski definition) is 3. The summed E-state index contributed by atoms with van der Waals surface area (Å²) in [5.74, 6) is -23.7. The van der Waals surface area contributed by atoms with Gasteiger partial charge in [-0.3, -0.25) is 0 Å². The van der Waals surface area contributed by atoms with Gasteiger partial charge in [-0.2, -0.15) is 39.5 Å². The second-order valence-electron chi connectivity index (χ2n) is 3.77. The zero-order valence-electron chi connectivity index (χ0n) is 9.12. The van der Waals surface area contributed by atoms with Gasteiger partial charge in [0.25, 0.3) is 0 Å². The topological polar surface area (TPSA) is 38.8 Å². The fraction of sp³-hybridized carbons (Fsp3) is 0.875. The van der Waals surface area contributed by atoms with Crippen molar-refractivity contribution < 1.29 is 53.8 Å². The molecule has 0 amide bonds. The van der Waals surface area contributed by atoms with Crippen molar-refractivity contribution in [3.05, 3.63) is 0 Å². The van der Waals surface area contributed by atoms with Crippen LogP contribution in [0, 0.1) is 0 Å². The molecule has 0 aromatic heterocycles. The van der Waals surface area contributed by atoms with Gasteiger partial charge in [-0.05, 0) is 0 Å². The molecule has 0 radical (unpaired) electrons. The van der Waals surface area contributed by atoms with E-state index in [1.165, 1.54) is 0 Å². The van der Waals surface area contributed by atoms with Crippen LogP contribution in [0.25, 0.3) is 0 Å². The van der Waals surface area contributed by atoms with Gasteiger partial charge in [-0.25, -0.2) is 4.79 Å². The summed E-state index contributed by atoms with van der Waals surface area (Å²) in [5, 5.41) is 0. The first-order valence-electron chi connectivity index (χ1n) is 4.74. The maximum absolute atomic E-state index is 12.8. The number of carbonyl (C=O) groups excluding carboxylic acids is 1. The number of epoxide rings is 1. The van der Waals surface area contributed by atoms with Crippen molar-refractivity contribution in [3.63, 3.8) is 0 Å². The lowest BCUT2D eigenvalue weighted by Gasteiger charge is -2.32. The Labute approximate surface area is 104 Å². The molecule has 12 heteroatoms. The Morgan fingerprint density at radius 3 is 1.80 bits per heavy atom. The summed E-state index contributed by atoms with van der Waals surface area (Å²) >= 11 is 0. The average molecular weight is 320 g/mol. The number of alkyl halides is 9. The van der Waals surface area contributed by atoms with Gasteiger partial charge in [0.2, 0.25) is 0 Å². The third kappa shape index (κ3) is 2.65. The first-order chi connectivity index (χ1) is 8.75. The number of ether oxygens (including phenoxy) is 2. The maximum atomic E-state index is 12.8. The van der Waals surface area contributed by atoms with Crippen molar-refractivity contribution in [1.29, 1.82) is 0 Å². The van der Waals surface area contributed by atoms with Gasteiger partial charge in [0, 0.05) is 0 Å². The molecule has 1 rings (SSSR count). The molecule has 0 spiro atoms. The highest BCUT2D eigenvalue weighted by molar-refractivity contribution is 5.79. The minimum Gasteiger partial charge on any atom is -0.458 e. The SMILES string of the molecule is O=C(OCC1CO1)C(F)(F)C(F)(F)C(F)(F)C(F)(F)F. The number of hydrogen-bond donors (Lipinski definition) is 0. The monoisotopic (exact) mass is 320 g/mol. The Hall–Kier alpha value is -1.20. The first kappa shape index (κ1) is 16.9. The van der Waals surface area contributed by atoms with Crippen molar-refractivity contribution in [2.75, 3.05) is 13.2 Å². The summed E-state index contributed by atoms with van der Waals surface area (Å²) in [6, 6.07) is 0. The molecule has 0 N–H and O–H groups in total. The predicted molar refractivity (Wildman–Crippen MR) is 41.6 cm³/mol. The van der Waals surface area contributed by atoms with Crippen LogP contribution in [-0.2, 0) is 14.3 Å². The summed E-state index contributed by atoms with van der Waals surface area (Å²) in [5.41, 5.74) is 0. The number of esters is 1. The number of carbonyl (C=O) groups is 1. The minimum absolute atomic E-state index is 0.0477. The zero-order valence-corrected chi connectivity index (χ0v) is 9.12. The molecule has 20 heavy (non-hydrogen) atoms. The standard InChI is InChI=1S/C8H5F9O3/c9-5(10,4(18)20-2-3-1-19-3)6(11,12)7(13,14)8(15,16)17/h3H,1-2H2. The third-order valence-corrected chi connectivity index (χ3v) is 2.20. The van der Waals surface area contributed by atoms with E-state index in [1.807, 2.05) is 0 Å². The van der Waals surface area contributed by atoms with Crippen LogP contribution in [0.15, 0.2) is 0 Å². The second-order valence-corrected chi connectivity index (χ2v) is 3.77. The van der Waals surface area contributed by atoms with Crippen molar-refractivity contribution in [3.8, 4) is 0 Å². The van der Waals surface area contributed by atoms with E-state index in [0.717, 1.165) is 0 Å². The lowest BCUT2D eigenvalue weighted by Crippen LogP contribution is -2.63. The average Bonchev–Trinajstić information content (AvgIpc) is 3.07. The van der Waals surface area contributed by atoms with Crippen LogP contribution in [-0.4, -0.2) is 49.2 Å². The molecule has 1 aliphatic heterocycles. The second kappa shape index (κ2) is 4.67. The molecule has 1 unspecified atom stereocenters. The Balaban J connectivity index is 2.94.